The van der Waals surface area contributed by atoms with E-state index in [1.165, 1.54) is 18.1 Å². The van der Waals surface area contributed by atoms with Crippen LogP contribution in [0.1, 0.15) is 82.8 Å². The molecule has 0 amide bonds. The predicted octanol–water partition coefficient (Wildman–Crippen LogP) is 7.68. The van der Waals surface area contributed by atoms with Gasteiger partial charge in [0, 0.05) is 18.2 Å². The van der Waals surface area contributed by atoms with E-state index in [4.69, 9.17) is 0 Å². The van der Waals surface area contributed by atoms with E-state index in [1.54, 1.807) is 6.07 Å². The SMILES string of the molecule is CCCN(CCc1ccccc1)C(CC)CCC(C#N)(c1ccccc1F)C1CCCCC1. The number of benzene rings is 2. The fourth-order valence-corrected chi connectivity index (χ4v) is 5.91. The Labute approximate surface area is 200 Å². The standard InChI is InChI=1S/C30H41FN2/c1-3-22-33(23-20-25-13-7-5-8-14-25)27(4-2)19-21-30(24-32,26-15-9-6-10-16-26)28-17-11-12-18-29(28)31/h5,7-8,11-14,17-18,26-27H,3-4,6,9-10,15-16,19-23H2,1-2H3. The van der Waals surface area contributed by atoms with E-state index < -0.39 is 5.41 Å². The monoisotopic (exact) mass is 448 g/mol. The van der Waals surface area contributed by atoms with Crippen molar-refractivity contribution in [3.8, 4) is 6.07 Å². The van der Waals surface area contributed by atoms with Gasteiger partial charge in [0.2, 0.25) is 0 Å². The molecule has 0 bridgehead atoms. The zero-order chi connectivity index (χ0) is 23.5. The first kappa shape index (κ1) is 25.4. The van der Waals surface area contributed by atoms with E-state index in [0.717, 1.165) is 70.9 Å². The summed E-state index contributed by atoms with van der Waals surface area (Å²) in [4.78, 5) is 2.61. The second-order valence-electron chi connectivity index (χ2n) is 9.77. The Bertz CT molecular complexity index is 868. The second-order valence-corrected chi connectivity index (χ2v) is 9.77. The fourth-order valence-electron chi connectivity index (χ4n) is 5.91. The van der Waals surface area contributed by atoms with Gasteiger partial charge in [-0.05, 0) is 69.0 Å². The number of halogens is 1. The summed E-state index contributed by atoms with van der Waals surface area (Å²) in [5, 5.41) is 10.6. The third kappa shape index (κ3) is 6.45. The highest BCUT2D eigenvalue weighted by Crippen LogP contribution is 2.45. The Morgan fingerprint density at radius 1 is 1.00 bits per heavy atom. The molecule has 0 heterocycles. The molecule has 2 nitrogen and oxygen atoms in total. The molecule has 1 saturated carbocycles. The normalized spacial score (nSPS) is 17.4. The van der Waals surface area contributed by atoms with E-state index >= 15 is 4.39 Å². The van der Waals surface area contributed by atoms with Crippen LogP contribution in [-0.4, -0.2) is 24.0 Å². The van der Waals surface area contributed by atoms with Crippen LogP contribution in [0.4, 0.5) is 4.39 Å². The maximum atomic E-state index is 15.1. The summed E-state index contributed by atoms with van der Waals surface area (Å²) in [6, 6.07) is 20.8. The number of hydrogen-bond donors (Lipinski definition) is 0. The zero-order valence-electron chi connectivity index (χ0n) is 20.6. The average Bonchev–Trinajstić information content (AvgIpc) is 2.87. The highest BCUT2D eigenvalue weighted by atomic mass is 19.1. The minimum absolute atomic E-state index is 0.216. The first-order chi connectivity index (χ1) is 16.1. The van der Waals surface area contributed by atoms with Crippen LogP contribution in [0.3, 0.4) is 0 Å². The molecule has 178 valence electrons. The number of nitriles is 1. The lowest BCUT2D eigenvalue weighted by atomic mass is 9.63. The van der Waals surface area contributed by atoms with Crippen LogP contribution in [0.5, 0.6) is 0 Å². The van der Waals surface area contributed by atoms with E-state index in [0.29, 0.717) is 11.6 Å². The van der Waals surface area contributed by atoms with Crippen molar-refractivity contribution in [2.45, 2.75) is 89.5 Å². The molecule has 1 fully saturated rings. The van der Waals surface area contributed by atoms with Crippen LogP contribution in [-0.2, 0) is 11.8 Å². The number of rotatable bonds is 12. The largest absolute Gasteiger partial charge is 0.300 e. The smallest absolute Gasteiger partial charge is 0.128 e. The van der Waals surface area contributed by atoms with Gasteiger partial charge >= 0.3 is 0 Å². The fraction of sp³-hybridized carbons (Fsp3) is 0.567. The molecule has 3 heteroatoms. The summed E-state index contributed by atoms with van der Waals surface area (Å²) in [7, 11) is 0. The lowest BCUT2D eigenvalue weighted by Gasteiger charge is -2.40. The average molecular weight is 449 g/mol. The summed E-state index contributed by atoms with van der Waals surface area (Å²) in [5.74, 6) is 0.0294. The van der Waals surface area contributed by atoms with Crippen LogP contribution < -0.4 is 0 Å². The molecule has 3 rings (SSSR count). The molecule has 0 spiro atoms. The molecular weight excluding hydrogens is 407 g/mol. The minimum Gasteiger partial charge on any atom is -0.300 e. The van der Waals surface area contributed by atoms with Crippen molar-refractivity contribution in [2.75, 3.05) is 13.1 Å². The third-order valence-corrected chi connectivity index (χ3v) is 7.76. The predicted molar refractivity (Wildman–Crippen MR) is 136 cm³/mol. The molecule has 0 aromatic heterocycles. The van der Waals surface area contributed by atoms with Crippen molar-refractivity contribution in [3.05, 3.63) is 71.5 Å². The maximum absolute atomic E-state index is 15.1. The molecule has 0 saturated heterocycles. The van der Waals surface area contributed by atoms with Crippen molar-refractivity contribution >= 4 is 0 Å². The van der Waals surface area contributed by atoms with Crippen molar-refractivity contribution in [2.24, 2.45) is 5.92 Å². The van der Waals surface area contributed by atoms with Crippen molar-refractivity contribution in [1.29, 1.82) is 5.26 Å². The summed E-state index contributed by atoms with van der Waals surface area (Å²) < 4.78 is 15.1. The van der Waals surface area contributed by atoms with Crippen LogP contribution >= 0.6 is 0 Å². The van der Waals surface area contributed by atoms with Gasteiger partial charge in [0.25, 0.3) is 0 Å². The Hall–Kier alpha value is -2.18. The third-order valence-electron chi connectivity index (χ3n) is 7.76. The quantitative estimate of drug-likeness (QED) is 0.333. The Morgan fingerprint density at radius 3 is 2.33 bits per heavy atom. The van der Waals surface area contributed by atoms with Gasteiger partial charge < -0.3 is 4.90 Å². The van der Waals surface area contributed by atoms with Gasteiger partial charge in [-0.15, -0.1) is 0 Å². The Morgan fingerprint density at radius 2 is 1.70 bits per heavy atom. The van der Waals surface area contributed by atoms with Crippen LogP contribution in [0.25, 0.3) is 0 Å². The number of hydrogen-bond acceptors (Lipinski definition) is 2. The lowest BCUT2D eigenvalue weighted by Crippen LogP contribution is -2.41. The lowest BCUT2D eigenvalue weighted by molar-refractivity contribution is 0.158. The molecule has 0 N–H and O–H groups in total. The molecule has 2 aromatic carbocycles. The summed E-state index contributed by atoms with van der Waals surface area (Å²) in [6.45, 7) is 6.59. The first-order valence-electron chi connectivity index (χ1n) is 13.1. The highest BCUT2D eigenvalue weighted by Gasteiger charge is 2.43. The van der Waals surface area contributed by atoms with Gasteiger partial charge in [-0.2, -0.15) is 5.26 Å². The van der Waals surface area contributed by atoms with Gasteiger partial charge in [0.15, 0.2) is 0 Å². The van der Waals surface area contributed by atoms with Gasteiger partial charge in [0.1, 0.15) is 5.82 Å². The van der Waals surface area contributed by atoms with Crippen molar-refractivity contribution in [3.63, 3.8) is 0 Å². The molecule has 0 aliphatic heterocycles. The molecular formula is C30H41FN2. The van der Waals surface area contributed by atoms with Crippen LogP contribution in [0, 0.1) is 23.1 Å². The maximum Gasteiger partial charge on any atom is 0.128 e. The topological polar surface area (TPSA) is 27.0 Å². The van der Waals surface area contributed by atoms with E-state index in [-0.39, 0.29) is 11.7 Å². The second kappa shape index (κ2) is 12.9. The van der Waals surface area contributed by atoms with Gasteiger partial charge in [-0.1, -0.05) is 81.6 Å². The highest BCUT2D eigenvalue weighted by molar-refractivity contribution is 5.35. The van der Waals surface area contributed by atoms with Gasteiger partial charge in [-0.3, -0.25) is 0 Å². The van der Waals surface area contributed by atoms with E-state index in [9.17, 15) is 5.26 Å². The molecule has 2 unspecified atom stereocenters. The summed E-state index contributed by atoms with van der Waals surface area (Å²) in [6.07, 6.45) is 10.5. The molecule has 2 aromatic rings. The van der Waals surface area contributed by atoms with E-state index in [1.807, 2.05) is 12.1 Å². The van der Waals surface area contributed by atoms with Gasteiger partial charge in [0.05, 0.1) is 11.5 Å². The Balaban J connectivity index is 1.80. The summed E-state index contributed by atoms with van der Waals surface area (Å²) >= 11 is 0. The van der Waals surface area contributed by atoms with Crippen molar-refractivity contribution < 1.29 is 4.39 Å². The zero-order valence-corrected chi connectivity index (χ0v) is 20.6. The minimum atomic E-state index is -0.726. The first-order valence-corrected chi connectivity index (χ1v) is 13.1. The van der Waals surface area contributed by atoms with Crippen LogP contribution in [0.15, 0.2) is 54.6 Å². The Kier molecular flexibility index (Phi) is 9.95. The van der Waals surface area contributed by atoms with Crippen molar-refractivity contribution in [1.82, 2.24) is 4.90 Å². The van der Waals surface area contributed by atoms with E-state index in [2.05, 4.69) is 55.1 Å². The van der Waals surface area contributed by atoms with Crippen LogP contribution in [0.2, 0.25) is 0 Å². The summed E-state index contributed by atoms with van der Waals surface area (Å²) in [5.41, 5.74) is 1.27. The van der Waals surface area contributed by atoms with Gasteiger partial charge in [-0.25, -0.2) is 4.39 Å². The number of nitrogens with zero attached hydrogens (tertiary/aromatic N) is 2. The molecule has 2 atom stereocenters. The molecule has 0 radical (unpaired) electrons. The molecule has 1 aliphatic rings. The molecule has 33 heavy (non-hydrogen) atoms. The molecule has 1 aliphatic carbocycles.